The van der Waals surface area contributed by atoms with Crippen LogP contribution in [0.15, 0.2) is 11.6 Å². The first-order chi connectivity index (χ1) is 5.43. The van der Waals surface area contributed by atoms with Gasteiger partial charge >= 0.3 is 0 Å². The highest BCUT2D eigenvalue weighted by Gasteiger charge is 1.98. The Morgan fingerprint density at radius 2 is 2.36 bits per heavy atom. The molecule has 0 aliphatic heterocycles. The van der Waals surface area contributed by atoms with Crippen LogP contribution in [-0.2, 0) is 0 Å². The molecule has 1 nitrogen and oxygen atoms in total. The van der Waals surface area contributed by atoms with Crippen LogP contribution in [0.3, 0.4) is 0 Å². The summed E-state index contributed by atoms with van der Waals surface area (Å²) in [6.07, 6.45) is 7.73. The Bertz CT molecular complexity index is 193. The molecule has 0 aromatic rings. The zero-order chi connectivity index (χ0) is 7.94. The molecule has 0 atom stereocenters. The maximum absolute atomic E-state index is 8.47. The lowest BCUT2D eigenvalue weighted by atomic mass is 10.0. The van der Waals surface area contributed by atoms with Crippen LogP contribution in [0.1, 0.15) is 32.1 Å². The van der Waals surface area contributed by atoms with Crippen molar-refractivity contribution in [3.63, 3.8) is 0 Å². The van der Waals surface area contributed by atoms with Gasteiger partial charge in [-0.25, -0.2) is 0 Å². The molecule has 1 aliphatic rings. The molecule has 0 fully saturated rings. The molecule has 0 heterocycles. The number of hydrogen-bond acceptors (Lipinski definition) is 1. The second-order valence-electron chi connectivity index (χ2n) is 2.75. The molecule has 0 spiro atoms. The van der Waals surface area contributed by atoms with Crippen molar-refractivity contribution in [2.45, 2.75) is 32.1 Å². The Morgan fingerprint density at radius 1 is 1.45 bits per heavy atom. The summed E-state index contributed by atoms with van der Waals surface area (Å²) in [7, 11) is 0. The molecule has 0 aromatic heterocycles. The average Bonchev–Trinajstić information content (AvgIpc) is 2.07. The monoisotopic (exact) mass is 150 g/mol. The fraction of sp³-hybridized carbons (Fsp3) is 0.600. The van der Waals surface area contributed by atoms with Gasteiger partial charge in [0.05, 0.1) is 6.61 Å². The zero-order valence-corrected chi connectivity index (χ0v) is 6.77. The van der Waals surface area contributed by atoms with Crippen LogP contribution in [0.5, 0.6) is 0 Å². The Morgan fingerprint density at radius 3 is 3.00 bits per heavy atom. The molecular formula is C10H14O. The van der Waals surface area contributed by atoms with Crippen molar-refractivity contribution in [1.82, 2.24) is 0 Å². The van der Waals surface area contributed by atoms with Gasteiger partial charge in [0.25, 0.3) is 0 Å². The van der Waals surface area contributed by atoms with Crippen molar-refractivity contribution < 1.29 is 5.11 Å². The lowest BCUT2D eigenvalue weighted by Gasteiger charge is -2.05. The van der Waals surface area contributed by atoms with Gasteiger partial charge in [0.1, 0.15) is 0 Å². The van der Waals surface area contributed by atoms with Gasteiger partial charge in [-0.3, -0.25) is 0 Å². The normalized spacial score (nSPS) is 16.6. The van der Waals surface area contributed by atoms with Gasteiger partial charge in [0.15, 0.2) is 0 Å². The molecule has 1 aliphatic carbocycles. The minimum atomic E-state index is 0.181. The highest BCUT2D eigenvalue weighted by molar-refractivity contribution is 5.29. The van der Waals surface area contributed by atoms with E-state index in [0.717, 1.165) is 6.42 Å². The molecule has 0 aromatic carbocycles. The van der Waals surface area contributed by atoms with Crippen LogP contribution in [0, 0.1) is 11.8 Å². The van der Waals surface area contributed by atoms with Gasteiger partial charge in [-0.05, 0) is 31.3 Å². The van der Waals surface area contributed by atoms with Crippen molar-refractivity contribution in [1.29, 1.82) is 0 Å². The first kappa shape index (κ1) is 8.36. The molecule has 1 rings (SSSR count). The number of allylic oxidation sites excluding steroid dienone is 2. The third kappa shape index (κ3) is 3.25. The van der Waals surface area contributed by atoms with Crippen molar-refractivity contribution in [2.75, 3.05) is 6.61 Å². The summed E-state index contributed by atoms with van der Waals surface area (Å²) in [5.74, 6) is 6.01. The van der Waals surface area contributed by atoms with E-state index in [0.29, 0.717) is 6.42 Å². The maximum Gasteiger partial charge on any atom is 0.0540 e. The van der Waals surface area contributed by atoms with Crippen molar-refractivity contribution in [3.05, 3.63) is 11.6 Å². The van der Waals surface area contributed by atoms with Gasteiger partial charge in [0.2, 0.25) is 0 Å². The lowest BCUT2D eigenvalue weighted by Crippen LogP contribution is -1.88. The van der Waals surface area contributed by atoms with Gasteiger partial charge in [-0.2, -0.15) is 0 Å². The second kappa shape index (κ2) is 4.98. The van der Waals surface area contributed by atoms with Crippen molar-refractivity contribution in [3.8, 4) is 11.8 Å². The van der Waals surface area contributed by atoms with Crippen molar-refractivity contribution >= 4 is 0 Å². The van der Waals surface area contributed by atoms with E-state index in [2.05, 4.69) is 17.9 Å². The smallest absolute Gasteiger partial charge is 0.0540 e. The maximum atomic E-state index is 8.47. The summed E-state index contributed by atoms with van der Waals surface area (Å²) in [6.45, 7) is 0.181. The molecular weight excluding hydrogens is 136 g/mol. The Labute approximate surface area is 68.1 Å². The molecule has 0 saturated carbocycles. The van der Waals surface area contributed by atoms with E-state index in [1.807, 2.05) is 0 Å². The van der Waals surface area contributed by atoms with Gasteiger partial charge in [0, 0.05) is 6.42 Å². The predicted octanol–water partition coefficient (Wildman–Crippen LogP) is 1.87. The van der Waals surface area contributed by atoms with Crippen LogP contribution in [0.25, 0.3) is 0 Å². The van der Waals surface area contributed by atoms with E-state index in [9.17, 15) is 0 Å². The summed E-state index contributed by atoms with van der Waals surface area (Å²) >= 11 is 0. The highest BCUT2D eigenvalue weighted by atomic mass is 16.2. The number of aliphatic hydroxyl groups excluding tert-OH is 1. The summed E-state index contributed by atoms with van der Waals surface area (Å²) < 4.78 is 0. The molecule has 0 amide bonds. The molecule has 1 N–H and O–H groups in total. The summed E-state index contributed by atoms with van der Waals surface area (Å²) in [5.41, 5.74) is 1.27. The van der Waals surface area contributed by atoms with Gasteiger partial charge in [-0.1, -0.05) is 17.9 Å². The molecule has 0 saturated heterocycles. The largest absolute Gasteiger partial charge is 0.395 e. The van der Waals surface area contributed by atoms with E-state index in [1.54, 1.807) is 0 Å². The highest BCUT2D eigenvalue weighted by Crippen LogP contribution is 2.15. The van der Waals surface area contributed by atoms with E-state index in [-0.39, 0.29) is 6.61 Å². The summed E-state index contributed by atoms with van der Waals surface area (Å²) in [5, 5.41) is 8.47. The quantitative estimate of drug-likeness (QED) is 0.566. The second-order valence-corrected chi connectivity index (χ2v) is 2.75. The molecule has 0 unspecified atom stereocenters. The van der Waals surface area contributed by atoms with Gasteiger partial charge in [-0.15, -0.1) is 0 Å². The Hall–Kier alpha value is -0.740. The number of aliphatic hydroxyl groups is 1. The van der Waals surface area contributed by atoms with Crippen LogP contribution in [0.4, 0.5) is 0 Å². The standard InChI is InChI=1S/C10H14O/c11-9-5-4-8-10-6-2-1-3-7-10/h6,11H,1-3,5,7,9H2. The van der Waals surface area contributed by atoms with Crippen molar-refractivity contribution in [2.24, 2.45) is 0 Å². The fourth-order valence-electron chi connectivity index (χ4n) is 1.18. The summed E-state index contributed by atoms with van der Waals surface area (Å²) in [6, 6.07) is 0. The van der Waals surface area contributed by atoms with E-state index >= 15 is 0 Å². The number of hydrogen-bond donors (Lipinski definition) is 1. The Kier molecular flexibility index (Phi) is 3.79. The first-order valence-corrected chi connectivity index (χ1v) is 4.22. The zero-order valence-electron chi connectivity index (χ0n) is 6.77. The van der Waals surface area contributed by atoms with E-state index in [1.165, 1.54) is 24.8 Å². The molecule has 11 heavy (non-hydrogen) atoms. The fourth-order valence-corrected chi connectivity index (χ4v) is 1.18. The molecule has 60 valence electrons. The molecule has 0 bridgehead atoms. The van der Waals surface area contributed by atoms with Crippen LogP contribution in [0.2, 0.25) is 0 Å². The third-order valence-corrected chi connectivity index (χ3v) is 1.78. The minimum absolute atomic E-state index is 0.181. The predicted molar refractivity (Wildman–Crippen MR) is 46.0 cm³/mol. The van der Waals surface area contributed by atoms with Crippen LogP contribution in [-0.4, -0.2) is 11.7 Å². The average molecular weight is 150 g/mol. The van der Waals surface area contributed by atoms with E-state index < -0.39 is 0 Å². The topological polar surface area (TPSA) is 20.2 Å². The molecule has 0 radical (unpaired) electrons. The summed E-state index contributed by atoms with van der Waals surface area (Å²) in [4.78, 5) is 0. The third-order valence-electron chi connectivity index (χ3n) is 1.78. The SMILES string of the molecule is OCCC#CC1=CCCCC1. The van der Waals surface area contributed by atoms with Crippen LogP contribution < -0.4 is 0 Å². The lowest BCUT2D eigenvalue weighted by molar-refractivity contribution is 0.305. The van der Waals surface area contributed by atoms with Crippen LogP contribution >= 0.6 is 0 Å². The van der Waals surface area contributed by atoms with Gasteiger partial charge < -0.3 is 5.11 Å². The minimum Gasteiger partial charge on any atom is -0.395 e. The Balaban J connectivity index is 2.36. The number of rotatable bonds is 1. The van der Waals surface area contributed by atoms with E-state index in [4.69, 9.17) is 5.11 Å². The first-order valence-electron chi connectivity index (χ1n) is 4.22. The molecule has 1 heteroatoms.